The quantitative estimate of drug-likeness (QED) is 0.866. The maximum Gasteiger partial charge on any atom is 0.156 e. The second-order valence-corrected chi connectivity index (χ2v) is 8.65. The van der Waals surface area contributed by atoms with E-state index in [0.717, 1.165) is 6.42 Å². The molecule has 2 unspecified atom stereocenters. The van der Waals surface area contributed by atoms with Crippen molar-refractivity contribution >= 4 is 9.84 Å². The molecule has 0 aromatic heterocycles. The van der Waals surface area contributed by atoms with Gasteiger partial charge >= 0.3 is 0 Å². The molecule has 3 rings (SSSR count). The Kier molecular flexibility index (Phi) is 3.18. The van der Waals surface area contributed by atoms with Crippen molar-refractivity contribution in [1.82, 2.24) is 0 Å². The van der Waals surface area contributed by atoms with Crippen LogP contribution in [0.2, 0.25) is 0 Å². The number of sulfone groups is 1. The first-order valence-corrected chi connectivity index (χ1v) is 8.66. The Morgan fingerprint density at radius 3 is 2.40 bits per heavy atom. The van der Waals surface area contributed by atoms with E-state index in [1.165, 1.54) is 6.07 Å². The van der Waals surface area contributed by atoms with Crippen LogP contribution in [0.4, 0.5) is 4.39 Å². The fraction of sp³-hybridized carbons (Fsp3) is 0.600. The third-order valence-electron chi connectivity index (χ3n) is 4.80. The maximum atomic E-state index is 14.1. The van der Waals surface area contributed by atoms with E-state index in [0.29, 0.717) is 18.4 Å². The summed E-state index contributed by atoms with van der Waals surface area (Å²) in [6.45, 7) is 1.76. The van der Waals surface area contributed by atoms with Gasteiger partial charge in [0, 0.05) is 5.56 Å². The van der Waals surface area contributed by atoms with Gasteiger partial charge < -0.3 is 5.11 Å². The van der Waals surface area contributed by atoms with Gasteiger partial charge in [0.2, 0.25) is 0 Å². The molecule has 110 valence electrons. The molecule has 2 aliphatic rings. The van der Waals surface area contributed by atoms with E-state index < -0.39 is 31.8 Å². The number of benzene rings is 1. The Morgan fingerprint density at radius 1 is 1.25 bits per heavy atom. The SMILES string of the molecule is Cc1cccc(F)c1C1(O)CC2CCCC(C1)S2(=O)=O. The molecule has 2 bridgehead atoms. The molecule has 0 radical (unpaired) electrons. The molecule has 1 aromatic rings. The molecule has 1 aromatic carbocycles. The Morgan fingerprint density at radius 2 is 1.85 bits per heavy atom. The van der Waals surface area contributed by atoms with E-state index in [4.69, 9.17) is 0 Å². The summed E-state index contributed by atoms with van der Waals surface area (Å²) in [7, 11) is -3.15. The standard InChI is InChI=1S/C15H19FO3S/c1-10-4-2-7-13(16)14(10)15(17)8-11-5-3-6-12(9-15)20(11,18)19/h2,4,7,11-12,17H,3,5-6,8-9H2,1H3. The maximum absolute atomic E-state index is 14.1. The van der Waals surface area contributed by atoms with Gasteiger partial charge in [0.15, 0.2) is 9.84 Å². The van der Waals surface area contributed by atoms with Gasteiger partial charge in [-0.3, -0.25) is 0 Å². The summed E-state index contributed by atoms with van der Waals surface area (Å²) in [4.78, 5) is 0. The number of rotatable bonds is 1. The first-order valence-electron chi connectivity index (χ1n) is 7.05. The molecule has 0 spiro atoms. The van der Waals surface area contributed by atoms with Crippen molar-refractivity contribution < 1.29 is 17.9 Å². The van der Waals surface area contributed by atoms with Gasteiger partial charge in [-0.1, -0.05) is 18.6 Å². The summed E-state index contributed by atoms with van der Waals surface area (Å²) in [5.74, 6) is -0.440. The Hall–Kier alpha value is -0.940. The predicted octanol–water partition coefficient (Wildman–Crippen LogP) is 2.45. The molecule has 0 saturated carbocycles. The monoisotopic (exact) mass is 298 g/mol. The molecule has 2 fully saturated rings. The fourth-order valence-electron chi connectivity index (χ4n) is 3.87. The molecule has 0 aliphatic carbocycles. The van der Waals surface area contributed by atoms with Crippen molar-refractivity contribution in [3.8, 4) is 0 Å². The number of aryl methyl sites for hydroxylation is 1. The second kappa shape index (κ2) is 4.53. The Bertz CT molecular complexity index is 598. The van der Waals surface area contributed by atoms with Crippen LogP contribution in [-0.4, -0.2) is 24.0 Å². The topological polar surface area (TPSA) is 54.4 Å². The van der Waals surface area contributed by atoms with Crippen LogP contribution in [0.1, 0.15) is 43.2 Å². The third kappa shape index (κ3) is 1.99. The number of halogens is 1. The van der Waals surface area contributed by atoms with Crippen LogP contribution in [0.3, 0.4) is 0 Å². The lowest BCUT2D eigenvalue weighted by atomic mass is 9.78. The van der Waals surface area contributed by atoms with Crippen molar-refractivity contribution in [2.75, 3.05) is 0 Å². The van der Waals surface area contributed by atoms with Crippen LogP contribution in [0.25, 0.3) is 0 Å². The summed E-state index contributed by atoms with van der Waals surface area (Å²) < 4.78 is 38.7. The summed E-state index contributed by atoms with van der Waals surface area (Å²) in [5, 5.41) is 9.88. The van der Waals surface area contributed by atoms with E-state index in [-0.39, 0.29) is 18.4 Å². The zero-order chi connectivity index (χ0) is 14.5. The van der Waals surface area contributed by atoms with E-state index >= 15 is 0 Å². The molecule has 0 amide bonds. The van der Waals surface area contributed by atoms with Gasteiger partial charge in [-0.05, 0) is 44.2 Å². The zero-order valence-electron chi connectivity index (χ0n) is 11.5. The first-order chi connectivity index (χ1) is 9.34. The molecule has 2 atom stereocenters. The average Bonchev–Trinajstić information content (AvgIpc) is 2.31. The molecular weight excluding hydrogens is 279 g/mol. The summed E-state index contributed by atoms with van der Waals surface area (Å²) in [6, 6.07) is 4.70. The normalized spacial score (nSPS) is 35.8. The van der Waals surface area contributed by atoms with Crippen molar-refractivity contribution in [2.24, 2.45) is 0 Å². The highest BCUT2D eigenvalue weighted by atomic mass is 32.2. The van der Waals surface area contributed by atoms with Gasteiger partial charge in [-0.25, -0.2) is 12.8 Å². The smallest absolute Gasteiger partial charge is 0.156 e. The highest BCUT2D eigenvalue weighted by molar-refractivity contribution is 7.92. The van der Waals surface area contributed by atoms with Crippen molar-refractivity contribution in [1.29, 1.82) is 0 Å². The van der Waals surface area contributed by atoms with Gasteiger partial charge in [0.1, 0.15) is 5.82 Å². The fourth-order valence-corrected chi connectivity index (χ4v) is 6.42. The number of hydrogen-bond donors (Lipinski definition) is 1. The molecule has 2 aliphatic heterocycles. The summed E-state index contributed by atoms with van der Waals surface area (Å²) >= 11 is 0. The molecule has 3 nitrogen and oxygen atoms in total. The van der Waals surface area contributed by atoms with Crippen molar-refractivity contribution in [3.63, 3.8) is 0 Å². The van der Waals surface area contributed by atoms with Gasteiger partial charge in [-0.2, -0.15) is 0 Å². The van der Waals surface area contributed by atoms with Crippen LogP contribution < -0.4 is 0 Å². The molecule has 20 heavy (non-hydrogen) atoms. The molecule has 1 N–H and O–H groups in total. The van der Waals surface area contributed by atoms with E-state index in [1.54, 1.807) is 19.1 Å². The van der Waals surface area contributed by atoms with Crippen LogP contribution >= 0.6 is 0 Å². The van der Waals surface area contributed by atoms with Crippen molar-refractivity contribution in [3.05, 3.63) is 35.1 Å². The average molecular weight is 298 g/mol. The Balaban J connectivity index is 2.07. The highest BCUT2D eigenvalue weighted by Crippen LogP contribution is 2.47. The van der Waals surface area contributed by atoms with Gasteiger partial charge in [0.25, 0.3) is 0 Å². The van der Waals surface area contributed by atoms with E-state index in [9.17, 15) is 17.9 Å². The minimum atomic E-state index is -3.15. The van der Waals surface area contributed by atoms with Gasteiger partial charge in [-0.15, -0.1) is 0 Å². The Labute approximate surface area is 118 Å². The van der Waals surface area contributed by atoms with E-state index in [2.05, 4.69) is 0 Å². The lowest BCUT2D eigenvalue weighted by Gasteiger charge is -2.44. The molecule has 5 heteroatoms. The minimum absolute atomic E-state index is 0.119. The highest BCUT2D eigenvalue weighted by Gasteiger charge is 2.52. The van der Waals surface area contributed by atoms with Crippen LogP contribution in [0.15, 0.2) is 18.2 Å². The first kappa shape index (κ1) is 14.0. The zero-order valence-corrected chi connectivity index (χ0v) is 12.3. The van der Waals surface area contributed by atoms with Crippen LogP contribution in [-0.2, 0) is 15.4 Å². The summed E-state index contributed by atoms with van der Waals surface area (Å²) in [6.07, 6.45) is 2.27. The lowest BCUT2D eigenvalue weighted by molar-refractivity contribution is 0.00128. The molecule has 2 saturated heterocycles. The minimum Gasteiger partial charge on any atom is -0.385 e. The van der Waals surface area contributed by atoms with Crippen molar-refractivity contribution in [2.45, 2.75) is 55.1 Å². The second-order valence-electron chi connectivity index (χ2n) is 6.14. The largest absolute Gasteiger partial charge is 0.385 e. The number of aliphatic hydroxyl groups is 1. The number of hydrogen-bond acceptors (Lipinski definition) is 3. The van der Waals surface area contributed by atoms with E-state index in [1.807, 2.05) is 0 Å². The van der Waals surface area contributed by atoms with Crippen LogP contribution in [0.5, 0.6) is 0 Å². The molecular formula is C15H19FO3S. The third-order valence-corrected chi connectivity index (χ3v) is 7.46. The lowest BCUT2D eigenvalue weighted by Crippen LogP contribution is -2.50. The summed E-state index contributed by atoms with van der Waals surface area (Å²) in [5.41, 5.74) is -0.382. The predicted molar refractivity (Wildman–Crippen MR) is 74.6 cm³/mol. The molecule has 2 heterocycles. The number of fused-ring (bicyclic) bond motifs is 2. The van der Waals surface area contributed by atoms with Crippen LogP contribution in [0, 0.1) is 12.7 Å². The van der Waals surface area contributed by atoms with Gasteiger partial charge in [0.05, 0.1) is 16.1 Å².